The van der Waals surface area contributed by atoms with Crippen LogP contribution in [0.15, 0.2) is 48.8 Å². The van der Waals surface area contributed by atoms with E-state index in [-0.39, 0.29) is 5.56 Å². The van der Waals surface area contributed by atoms with Gasteiger partial charge in [-0.05, 0) is 30.3 Å². The van der Waals surface area contributed by atoms with Gasteiger partial charge in [-0.25, -0.2) is 14.1 Å². The fraction of sp³-hybridized carbons (Fsp3) is 0.0588. The summed E-state index contributed by atoms with van der Waals surface area (Å²) in [6.45, 7) is 0. The summed E-state index contributed by atoms with van der Waals surface area (Å²) in [5.41, 5.74) is 3.08. The van der Waals surface area contributed by atoms with Gasteiger partial charge >= 0.3 is 0 Å². The molecule has 4 aromatic rings. The summed E-state index contributed by atoms with van der Waals surface area (Å²) < 4.78 is 17.1. The van der Waals surface area contributed by atoms with E-state index in [2.05, 4.69) is 15.3 Å². The summed E-state index contributed by atoms with van der Waals surface area (Å²) in [4.78, 5) is 4.36. The molecule has 0 unspecified atom stereocenters. The zero-order valence-corrected chi connectivity index (χ0v) is 12.7. The molecule has 0 saturated heterocycles. The standard InChI is InChI=1S/C17H11FN6/c1-23-14-3-2-4-15(16(14)21-22-23)24-8-7-20-17(24)11-5-6-13(18)12(9-11)10-19/h2-9H,1H3. The first-order chi connectivity index (χ1) is 11.7. The fourth-order valence-electron chi connectivity index (χ4n) is 2.70. The average molecular weight is 318 g/mol. The minimum atomic E-state index is -0.546. The number of nitriles is 1. The largest absolute Gasteiger partial charge is 0.297 e. The topological polar surface area (TPSA) is 72.3 Å². The maximum atomic E-state index is 13.6. The summed E-state index contributed by atoms with van der Waals surface area (Å²) in [5.74, 6) is 0.0556. The lowest BCUT2D eigenvalue weighted by Crippen LogP contribution is -1.98. The Kier molecular flexibility index (Phi) is 3.10. The van der Waals surface area contributed by atoms with Gasteiger partial charge in [0, 0.05) is 25.0 Å². The van der Waals surface area contributed by atoms with Crippen LogP contribution in [0.2, 0.25) is 0 Å². The molecule has 6 nitrogen and oxygen atoms in total. The van der Waals surface area contributed by atoms with Crippen molar-refractivity contribution in [1.29, 1.82) is 5.26 Å². The fourth-order valence-corrected chi connectivity index (χ4v) is 2.70. The molecule has 0 bridgehead atoms. The molecule has 0 atom stereocenters. The van der Waals surface area contributed by atoms with Crippen LogP contribution in [-0.4, -0.2) is 24.5 Å². The molecular formula is C17H11FN6. The van der Waals surface area contributed by atoms with Crippen LogP contribution in [0.4, 0.5) is 4.39 Å². The van der Waals surface area contributed by atoms with E-state index in [1.54, 1.807) is 23.1 Å². The number of hydrogen-bond acceptors (Lipinski definition) is 4. The highest BCUT2D eigenvalue weighted by molar-refractivity contribution is 5.84. The molecule has 0 fully saturated rings. The first-order valence-corrected chi connectivity index (χ1v) is 7.21. The zero-order chi connectivity index (χ0) is 16.7. The number of aromatic nitrogens is 5. The molecule has 0 spiro atoms. The van der Waals surface area contributed by atoms with Crippen molar-refractivity contribution in [1.82, 2.24) is 24.5 Å². The number of aryl methyl sites for hydroxylation is 1. The Morgan fingerprint density at radius 2 is 2.08 bits per heavy atom. The van der Waals surface area contributed by atoms with Crippen LogP contribution in [0.5, 0.6) is 0 Å². The second-order valence-electron chi connectivity index (χ2n) is 5.29. The van der Waals surface area contributed by atoms with E-state index in [9.17, 15) is 4.39 Å². The van der Waals surface area contributed by atoms with E-state index < -0.39 is 5.82 Å². The molecule has 0 aliphatic heterocycles. The molecule has 0 aliphatic rings. The Morgan fingerprint density at radius 1 is 1.21 bits per heavy atom. The average Bonchev–Trinajstić information content (AvgIpc) is 3.23. The molecule has 2 aromatic heterocycles. The van der Waals surface area contributed by atoms with E-state index in [4.69, 9.17) is 5.26 Å². The number of halogens is 1. The van der Waals surface area contributed by atoms with Crippen molar-refractivity contribution >= 4 is 11.0 Å². The predicted octanol–water partition coefficient (Wildman–Crippen LogP) is 2.83. The molecule has 0 amide bonds. The summed E-state index contributed by atoms with van der Waals surface area (Å²) in [6.07, 6.45) is 3.45. The van der Waals surface area contributed by atoms with Crippen molar-refractivity contribution in [3.8, 4) is 23.1 Å². The maximum Gasteiger partial charge on any atom is 0.144 e. The third kappa shape index (κ3) is 2.05. The number of benzene rings is 2. The van der Waals surface area contributed by atoms with Crippen LogP contribution in [0.3, 0.4) is 0 Å². The monoisotopic (exact) mass is 318 g/mol. The van der Waals surface area contributed by atoms with E-state index >= 15 is 0 Å². The molecule has 2 aromatic carbocycles. The number of hydrogen-bond donors (Lipinski definition) is 0. The van der Waals surface area contributed by atoms with Gasteiger partial charge in [0.15, 0.2) is 0 Å². The van der Waals surface area contributed by atoms with Gasteiger partial charge < -0.3 is 0 Å². The Hall–Kier alpha value is -3.53. The molecule has 116 valence electrons. The second kappa shape index (κ2) is 5.28. The van der Waals surface area contributed by atoms with Crippen molar-refractivity contribution in [3.05, 3.63) is 60.2 Å². The van der Waals surface area contributed by atoms with Gasteiger partial charge in [0.05, 0.1) is 16.8 Å². The van der Waals surface area contributed by atoms with Crippen LogP contribution in [0, 0.1) is 17.1 Å². The minimum Gasteiger partial charge on any atom is -0.297 e. The summed E-state index contributed by atoms with van der Waals surface area (Å²) in [6, 6.07) is 12.0. The Bertz CT molecular complexity index is 1100. The van der Waals surface area contributed by atoms with Gasteiger partial charge in [-0.1, -0.05) is 11.3 Å². The minimum absolute atomic E-state index is 0.0141. The first-order valence-electron chi connectivity index (χ1n) is 7.21. The van der Waals surface area contributed by atoms with Crippen LogP contribution < -0.4 is 0 Å². The van der Waals surface area contributed by atoms with Crippen molar-refractivity contribution < 1.29 is 4.39 Å². The van der Waals surface area contributed by atoms with Gasteiger partial charge in [0.2, 0.25) is 0 Å². The molecule has 0 saturated carbocycles. The lowest BCUT2D eigenvalue weighted by Gasteiger charge is -2.09. The number of rotatable bonds is 2. The SMILES string of the molecule is Cn1nnc2c(-n3ccnc3-c3ccc(F)c(C#N)c3)cccc21. The summed E-state index contributed by atoms with van der Waals surface area (Å²) >= 11 is 0. The molecule has 7 heteroatoms. The van der Waals surface area contributed by atoms with Crippen molar-refractivity contribution in [2.24, 2.45) is 7.05 Å². The lowest BCUT2D eigenvalue weighted by atomic mass is 10.1. The maximum absolute atomic E-state index is 13.6. The van der Waals surface area contributed by atoms with Crippen molar-refractivity contribution in [2.75, 3.05) is 0 Å². The quantitative estimate of drug-likeness (QED) is 0.570. The zero-order valence-electron chi connectivity index (χ0n) is 12.7. The highest BCUT2D eigenvalue weighted by Crippen LogP contribution is 2.26. The van der Waals surface area contributed by atoms with E-state index in [1.807, 2.05) is 35.9 Å². The second-order valence-corrected chi connectivity index (χ2v) is 5.29. The molecule has 4 rings (SSSR count). The van der Waals surface area contributed by atoms with Crippen LogP contribution in [0.1, 0.15) is 5.56 Å². The van der Waals surface area contributed by atoms with Gasteiger partial charge in [-0.2, -0.15) is 5.26 Å². The number of nitrogens with zero attached hydrogens (tertiary/aromatic N) is 6. The van der Waals surface area contributed by atoms with Gasteiger partial charge in [0.25, 0.3) is 0 Å². The smallest absolute Gasteiger partial charge is 0.144 e. The van der Waals surface area contributed by atoms with Gasteiger partial charge in [0.1, 0.15) is 23.2 Å². The van der Waals surface area contributed by atoms with Crippen LogP contribution in [-0.2, 0) is 7.05 Å². The predicted molar refractivity (Wildman–Crippen MR) is 85.7 cm³/mol. The summed E-state index contributed by atoms with van der Waals surface area (Å²) in [5, 5.41) is 17.3. The van der Waals surface area contributed by atoms with Crippen molar-refractivity contribution in [2.45, 2.75) is 0 Å². The molecule has 0 N–H and O–H groups in total. The van der Waals surface area contributed by atoms with Crippen LogP contribution in [0.25, 0.3) is 28.1 Å². The third-order valence-electron chi connectivity index (χ3n) is 3.87. The van der Waals surface area contributed by atoms with Gasteiger partial charge in [-0.15, -0.1) is 5.10 Å². The molecule has 24 heavy (non-hydrogen) atoms. The first kappa shape index (κ1) is 14.1. The van der Waals surface area contributed by atoms with Crippen molar-refractivity contribution in [3.63, 3.8) is 0 Å². The number of imidazole rings is 1. The van der Waals surface area contributed by atoms with Gasteiger partial charge in [-0.3, -0.25) is 4.57 Å². The highest BCUT2D eigenvalue weighted by Gasteiger charge is 2.14. The number of fused-ring (bicyclic) bond motifs is 1. The molecule has 0 radical (unpaired) electrons. The van der Waals surface area contributed by atoms with Crippen LogP contribution >= 0.6 is 0 Å². The normalized spacial score (nSPS) is 10.9. The Labute approximate surface area is 136 Å². The van der Waals surface area contributed by atoms with E-state index in [0.29, 0.717) is 11.4 Å². The third-order valence-corrected chi connectivity index (χ3v) is 3.87. The molecule has 0 aliphatic carbocycles. The molecular weight excluding hydrogens is 307 g/mol. The lowest BCUT2D eigenvalue weighted by molar-refractivity contribution is 0.624. The molecule has 2 heterocycles. The summed E-state index contributed by atoms with van der Waals surface area (Å²) in [7, 11) is 1.83. The Morgan fingerprint density at radius 3 is 2.92 bits per heavy atom. The van der Waals surface area contributed by atoms with E-state index in [1.165, 1.54) is 12.1 Å². The Balaban J connectivity index is 1.93. The highest BCUT2D eigenvalue weighted by atomic mass is 19.1. The van der Waals surface area contributed by atoms with E-state index in [0.717, 1.165) is 16.7 Å².